The molecule has 0 radical (unpaired) electrons. The van der Waals surface area contributed by atoms with Crippen LogP contribution in [0.25, 0.3) is 0 Å². The maximum atomic E-state index is 12.6. The molecular weight excluding hydrogens is 318 g/mol. The number of thiophene rings is 1. The molecule has 22 heavy (non-hydrogen) atoms. The summed E-state index contributed by atoms with van der Waals surface area (Å²) in [5, 5.41) is 0. The van der Waals surface area contributed by atoms with Crippen molar-refractivity contribution in [1.29, 1.82) is 0 Å². The van der Waals surface area contributed by atoms with Crippen LogP contribution in [0.5, 0.6) is 0 Å². The number of hydrogen-bond acceptors (Lipinski definition) is 5. The van der Waals surface area contributed by atoms with Gasteiger partial charge in [0.2, 0.25) is 0 Å². The summed E-state index contributed by atoms with van der Waals surface area (Å²) in [4.78, 5) is 31.7. The molecule has 1 amide bonds. The van der Waals surface area contributed by atoms with E-state index in [-0.39, 0.29) is 11.5 Å². The van der Waals surface area contributed by atoms with E-state index in [0.29, 0.717) is 24.5 Å². The highest BCUT2D eigenvalue weighted by molar-refractivity contribution is 8.01. The van der Waals surface area contributed by atoms with Crippen molar-refractivity contribution >= 4 is 29.0 Å². The maximum Gasteiger partial charge on any atom is 0.264 e. The Morgan fingerprint density at radius 1 is 1.41 bits per heavy atom. The quantitative estimate of drug-likeness (QED) is 0.809. The van der Waals surface area contributed by atoms with Crippen LogP contribution in [-0.4, -0.2) is 26.1 Å². The Morgan fingerprint density at radius 3 is 2.91 bits per heavy atom. The second-order valence-electron chi connectivity index (χ2n) is 5.16. The molecule has 0 fully saturated rings. The van der Waals surface area contributed by atoms with Gasteiger partial charge in [0.15, 0.2) is 0 Å². The molecule has 0 bridgehead atoms. The molecule has 5 nitrogen and oxygen atoms in total. The second kappa shape index (κ2) is 5.89. The van der Waals surface area contributed by atoms with Gasteiger partial charge >= 0.3 is 0 Å². The second-order valence-corrected chi connectivity index (χ2v) is 7.81. The van der Waals surface area contributed by atoms with Gasteiger partial charge in [-0.15, -0.1) is 23.1 Å². The van der Waals surface area contributed by atoms with Crippen LogP contribution in [0.3, 0.4) is 0 Å². The van der Waals surface area contributed by atoms with Crippen LogP contribution in [0.4, 0.5) is 0 Å². The van der Waals surface area contributed by atoms with E-state index in [9.17, 15) is 9.59 Å². The molecule has 3 heterocycles. The molecule has 3 rings (SSSR count). The molecule has 1 aliphatic rings. The van der Waals surface area contributed by atoms with Crippen molar-refractivity contribution in [2.24, 2.45) is 7.05 Å². The summed E-state index contributed by atoms with van der Waals surface area (Å²) in [5.41, 5.74) is 1.32. The van der Waals surface area contributed by atoms with E-state index >= 15 is 0 Å². The Labute approximate surface area is 137 Å². The number of aromatic nitrogens is 2. The van der Waals surface area contributed by atoms with Gasteiger partial charge in [-0.25, -0.2) is 4.98 Å². The van der Waals surface area contributed by atoms with Crippen LogP contribution in [-0.2, 0) is 20.1 Å². The lowest BCUT2D eigenvalue weighted by atomic mass is 10.2. The van der Waals surface area contributed by atoms with Crippen molar-refractivity contribution in [1.82, 2.24) is 14.5 Å². The highest BCUT2D eigenvalue weighted by Gasteiger charge is 2.29. The van der Waals surface area contributed by atoms with Crippen molar-refractivity contribution in [3.63, 3.8) is 0 Å². The van der Waals surface area contributed by atoms with Gasteiger partial charge in [-0.3, -0.25) is 14.2 Å². The fourth-order valence-corrected chi connectivity index (χ4v) is 4.49. The molecule has 1 aliphatic heterocycles. The van der Waals surface area contributed by atoms with Gasteiger partial charge in [0.05, 0.1) is 33.4 Å². The van der Waals surface area contributed by atoms with E-state index in [1.54, 1.807) is 30.6 Å². The Balaban J connectivity index is 1.84. The summed E-state index contributed by atoms with van der Waals surface area (Å²) >= 11 is 3.24. The van der Waals surface area contributed by atoms with E-state index in [1.165, 1.54) is 15.9 Å². The van der Waals surface area contributed by atoms with Crippen LogP contribution < -0.4 is 5.56 Å². The highest BCUT2D eigenvalue weighted by Crippen LogP contribution is 2.29. The monoisotopic (exact) mass is 335 g/mol. The van der Waals surface area contributed by atoms with Crippen molar-refractivity contribution in [3.8, 4) is 0 Å². The largest absolute Gasteiger partial charge is 0.327 e. The first-order valence-corrected chi connectivity index (χ1v) is 8.88. The molecule has 7 heteroatoms. The molecule has 2 aromatic rings. The Hall–Kier alpha value is -1.60. The molecular formula is C15H17N3O2S2. The molecule has 0 atom stereocenters. The average molecular weight is 335 g/mol. The zero-order chi connectivity index (χ0) is 15.9. The summed E-state index contributed by atoms with van der Waals surface area (Å²) < 4.78 is 2.68. The maximum absolute atomic E-state index is 12.6. The molecule has 0 saturated heterocycles. The lowest BCUT2D eigenvalue weighted by Gasteiger charge is -2.13. The molecule has 0 saturated carbocycles. The Kier molecular flexibility index (Phi) is 4.10. The first-order valence-electron chi connectivity index (χ1n) is 7.08. The lowest BCUT2D eigenvalue weighted by molar-refractivity contribution is 0.0755. The average Bonchev–Trinajstić information content (AvgIpc) is 3.11. The van der Waals surface area contributed by atoms with Gasteiger partial charge in [-0.1, -0.05) is 6.92 Å². The third-order valence-corrected chi connectivity index (χ3v) is 5.93. The van der Waals surface area contributed by atoms with Gasteiger partial charge in [0, 0.05) is 7.05 Å². The zero-order valence-electron chi connectivity index (χ0n) is 12.8. The first-order chi connectivity index (χ1) is 10.5. The lowest BCUT2D eigenvalue weighted by Crippen LogP contribution is -2.27. The minimum atomic E-state index is -0.0498. The Morgan fingerprint density at radius 2 is 2.18 bits per heavy atom. The van der Waals surface area contributed by atoms with Gasteiger partial charge in [0.25, 0.3) is 11.5 Å². The normalized spacial score (nSPS) is 13.5. The van der Waals surface area contributed by atoms with Gasteiger partial charge in [-0.05, 0) is 24.8 Å². The number of nitrogens with zero attached hydrogens (tertiary/aromatic N) is 3. The molecule has 0 aromatic carbocycles. The molecule has 0 unspecified atom stereocenters. The van der Waals surface area contributed by atoms with Crippen molar-refractivity contribution in [3.05, 3.63) is 44.4 Å². The molecule has 0 aliphatic carbocycles. The fraction of sp³-hybridized carbons (Fsp3) is 0.400. The minimum Gasteiger partial charge on any atom is -0.327 e. The van der Waals surface area contributed by atoms with Crippen LogP contribution in [0, 0.1) is 6.92 Å². The zero-order valence-corrected chi connectivity index (χ0v) is 14.4. The number of amides is 1. The van der Waals surface area contributed by atoms with E-state index in [4.69, 9.17) is 0 Å². The number of aryl methyl sites for hydroxylation is 1. The molecule has 2 aromatic heterocycles. The number of carbonyl (C=O) groups excluding carboxylic acids is 1. The standard InChI is InChI=1S/C15H17N3O2S2/c1-4-21-13-6-5-12(22-13)15(20)18-7-10-11(8-18)16-9(2)17(3)14(10)19/h5-6H,4,7-8H2,1-3H3. The summed E-state index contributed by atoms with van der Waals surface area (Å²) in [7, 11) is 1.71. The SMILES string of the molecule is CCSc1ccc(C(=O)N2Cc3nc(C)n(C)c(=O)c3C2)s1. The number of fused-ring (bicyclic) bond motifs is 1. The first kappa shape index (κ1) is 15.3. The summed E-state index contributed by atoms with van der Waals surface area (Å²) in [6, 6.07) is 3.85. The third-order valence-electron chi connectivity index (χ3n) is 3.75. The number of rotatable bonds is 3. The van der Waals surface area contributed by atoms with Gasteiger partial charge < -0.3 is 4.90 Å². The topological polar surface area (TPSA) is 55.2 Å². The van der Waals surface area contributed by atoms with Crippen molar-refractivity contribution in [2.75, 3.05) is 5.75 Å². The number of hydrogen-bond donors (Lipinski definition) is 0. The van der Waals surface area contributed by atoms with Crippen LogP contribution in [0.2, 0.25) is 0 Å². The van der Waals surface area contributed by atoms with Crippen molar-refractivity contribution < 1.29 is 4.79 Å². The van der Waals surface area contributed by atoms with Crippen LogP contribution in [0.15, 0.2) is 21.1 Å². The molecule has 116 valence electrons. The smallest absolute Gasteiger partial charge is 0.264 e. The predicted octanol–water partition coefficient (Wildman–Crippen LogP) is 2.42. The third kappa shape index (κ3) is 2.59. The summed E-state index contributed by atoms with van der Waals surface area (Å²) in [6.07, 6.45) is 0. The van der Waals surface area contributed by atoms with E-state index in [2.05, 4.69) is 11.9 Å². The van der Waals surface area contributed by atoms with Gasteiger partial charge in [0.1, 0.15) is 5.82 Å². The van der Waals surface area contributed by atoms with Crippen LogP contribution in [0.1, 0.15) is 33.7 Å². The number of thioether (sulfide) groups is 1. The fourth-order valence-electron chi connectivity index (χ4n) is 2.48. The number of carbonyl (C=O) groups is 1. The molecule has 0 N–H and O–H groups in total. The van der Waals surface area contributed by atoms with Crippen LogP contribution >= 0.6 is 23.1 Å². The highest BCUT2D eigenvalue weighted by atomic mass is 32.2. The summed E-state index contributed by atoms with van der Waals surface area (Å²) in [6.45, 7) is 4.66. The summed E-state index contributed by atoms with van der Waals surface area (Å²) in [5.74, 6) is 1.64. The predicted molar refractivity (Wildman–Crippen MR) is 88.5 cm³/mol. The molecule has 0 spiro atoms. The van der Waals surface area contributed by atoms with Crippen molar-refractivity contribution in [2.45, 2.75) is 31.1 Å². The van der Waals surface area contributed by atoms with E-state index < -0.39 is 0 Å². The van der Waals surface area contributed by atoms with E-state index in [0.717, 1.165) is 20.5 Å². The van der Waals surface area contributed by atoms with E-state index in [1.807, 2.05) is 12.1 Å². The Bertz CT molecular complexity index is 795. The minimum absolute atomic E-state index is 0.0225. The van der Waals surface area contributed by atoms with Gasteiger partial charge in [-0.2, -0.15) is 0 Å².